The normalized spacial score (nSPS) is 11.4. The van der Waals surface area contributed by atoms with Gasteiger partial charge in [0.05, 0.1) is 10.6 Å². The molecular formula is C11H18N2O2S. The summed E-state index contributed by atoms with van der Waals surface area (Å²) in [6.45, 7) is 3.33. The standard InChI is InChI=1S/C11H18N2O2S/c1-3-16(14,15)11-6-4-10(5-7-11)13-9-8-12-2/h4-7,12-13H,3,8-9H2,1-2H3. The minimum absolute atomic E-state index is 0.138. The van der Waals surface area contributed by atoms with Crippen LogP contribution in [0.3, 0.4) is 0 Å². The first-order chi connectivity index (χ1) is 7.60. The van der Waals surface area contributed by atoms with Crippen LogP contribution in [0.2, 0.25) is 0 Å². The summed E-state index contributed by atoms with van der Waals surface area (Å²) in [6, 6.07) is 6.86. The van der Waals surface area contributed by atoms with Crippen molar-refractivity contribution in [1.82, 2.24) is 5.32 Å². The Morgan fingerprint density at radius 2 is 1.75 bits per heavy atom. The highest BCUT2D eigenvalue weighted by atomic mass is 32.2. The van der Waals surface area contributed by atoms with E-state index in [1.54, 1.807) is 31.2 Å². The van der Waals surface area contributed by atoms with Gasteiger partial charge in [0.2, 0.25) is 0 Å². The Balaban J connectivity index is 2.68. The highest BCUT2D eigenvalue weighted by Gasteiger charge is 2.10. The van der Waals surface area contributed by atoms with Gasteiger partial charge in [0.15, 0.2) is 9.84 Å². The summed E-state index contributed by atoms with van der Waals surface area (Å²) in [4.78, 5) is 0.383. The van der Waals surface area contributed by atoms with E-state index in [0.29, 0.717) is 4.90 Å². The molecule has 5 heteroatoms. The van der Waals surface area contributed by atoms with Crippen molar-refractivity contribution >= 4 is 15.5 Å². The Kier molecular flexibility index (Phi) is 4.76. The first kappa shape index (κ1) is 13.0. The topological polar surface area (TPSA) is 58.2 Å². The van der Waals surface area contributed by atoms with Gasteiger partial charge in [-0.05, 0) is 31.3 Å². The fourth-order valence-electron chi connectivity index (χ4n) is 1.28. The van der Waals surface area contributed by atoms with E-state index in [1.807, 2.05) is 7.05 Å². The number of anilines is 1. The van der Waals surface area contributed by atoms with Gasteiger partial charge in [0.1, 0.15) is 0 Å². The molecule has 0 heterocycles. The van der Waals surface area contributed by atoms with Gasteiger partial charge in [-0.15, -0.1) is 0 Å². The van der Waals surface area contributed by atoms with E-state index in [4.69, 9.17) is 0 Å². The molecule has 0 aliphatic heterocycles. The van der Waals surface area contributed by atoms with E-state index < -0.39 is 9.84 Å². The van der Waals surface area contributed by atoms with E-state index in [0.717, 1.165) is 18.8 Å². The van der Waals surface area contributed by atoms with Gasteiger partial charge in [0.25, 0.3) is 0 Å². The largest absolute Gasteiger partial charge is 0.384 e. The Bertz CT molecular complexity index is 412. The Morgan fingerprint density at radius 3 is 2.25 bits per heavy atom. The van der Waals surface area contributed by atoms with Gasteiger partial charge >= 0.3 is 0 Å². The number of likely N-dealkylation sites (N-methyl/N-ethyl adjacent to an activating group) is 1. The zero-order valence-corrected chi connectivity index (χ0v) is 10.5. The predicted octanol–water partition coefficient (Wildman–Crippen LogP) is 1.11. The van der Waals surface area contributed by atoms with Crippen LogP contribution in [0.15, 0.2) is 29.2 Å². The second-order valence-corrected chi connectivity index (χ2v) is 5.74. The second-order valence-electron chi connectivity index (χ2n) is 3.46. The first-order valence-corrected chi connectivity index (χ1v) is 6.96. The maximum absolute atomic E-state index is 11.5. The third kappa shape index (κ3) is 3.50. The molecule has 1 aromatic carbocycles. The summed E-state index contributed by atoms with van der Waals surface area (Å²) in [5.74, 6) is 0.138. The molecule has 1 rings (SSSR count). The average molecular weight is 242 g/mol. The minimum Gasteiger partial charge on any atom is -0.384 e. The zero-order chi connectivity index (χ0) is 12.0. The molecule has 4 nitrogen and oxygen atoms in total. The third-order valence-corrected chi connectivity index (χ3v) is 4.05. The molecule has 90 valence electrons. The van der Waals surface area contributed by atoms with Gasteiger partial charge < -0.3 is 10.6 Å². The lowest BCUT2D eigenvalue weighted by atomic mass is 10.3. The molecule has 2 N–H and O–H groups in total. The van der Waals surface area contributed by atoms with Crippen molar-refractivity contribution in [3.05, 3.63) is 24.3 Å². The van der Waals surface area contributed by atoms with Crippen molar-refractivity contribution in [3.8, 4) is 0 Å². The van der Waals surface area contributed by atoms with Crippen LogP contribution >= 0.6 is 0 Å². The Morgan fingerprint density at radius 1 is 1.12 bits per heavy atom. The van der Waals surface area contributed by atoms with Gasteiger partial charge in [-0.3, -0.25) is 0 Å². The van der Waals surface area contributed by atoms with E-state index in [1.165, 1.54) is 0 Å². The maximum Gasteiger partial charge on any atom is 0.178 e. The van der Waals surface area contributed by atoms with Crippen molar-refractivity contribution in [1.29, 1.82) is 0 Å². The van der Waals surface area contributed by atoms with E-state index in [2.05, 4.69) is 10.6 Å². The highest BCUT2D eigenvalue weighted by Crippen LogP contribution is 2.14. The number of hydrogen-bond donors (Lipinski definition) is 2. The van der Waals surface area contributed by atoms with E-state index in [-0.39, 0.29) is 5.75 Å². The lowest BCUT2D eigenvalue weighted by Crippen LogP contribution is -2.17. The number of nitrogens with one attached hydrogen (secondary N) is 2. The van der Waals surface area contributed by atoms with Crippen LogP contribution in [-0.2, 0) is 9.84 Å². The number of rotatable bonds is 6. The molecule has 0 saturated heterocycles. The fourth-order valence-corrected chi connectivity index (χ4v) is 2.16. The second kappa shape index (κ2) is 5.86. The van der Waals surface area contributed by atoms with Crippen molar-refractivity contribution in [3.63, 3.8) is 0 Å². The van der Waals surface area contributed by atoms with Crippen LogP contribution < -0.4 is 10.6 Å². The molecule has 0 saturated carbocycles. The summed E-state index contributed by atoms with van der Waals surface area (Å²) >= 11 is 0. The van der Waals surface area contributed by atoms with Crippen LogP contribution in [-0.4, -0.2) is 34.3 Å². The minimum atomic E-state index is -3.08. The molecule has 0 atom stereocenters. The van der Waals surface area contributed by atoms with Crippen molar-refractivity contribution in [2.45, 2.75) is 11.8 Å². The summed E-state index contributed by atoms with van der Waals surface area (Å²) in [5, 5.41) is 6.21. The smallest absolute Gasteiger partial charge is 0.178 e. The third-order valence-electron chi connectivity index (χ3n) is 2.30. The summed E-state index contributed by atoms with van der Waals surface area (Å²) in [6.07, 6.45) is 0. The highest BCUT2D eigenvalue weighted by molar-refractivity contribution is 7.91. The van der Waals surface area contributed by atoms with Crippen molar-refractivity contribution in [2.75, 3.05) is 31.2 Å². The van der Waals surface area contributed by atoms with E-state index >= 15 is 0 Å². The lowest BCUT2D eigenvalue weighted by Gasteiger charge is -2.07. The maximum atomic E-state index is 11.5. The average Bonchev–Trinajstić information content (AvgIpc) is 2.30. The quantitative estimate of drug-likeness (QED) is 0.734. The lowest BCUT2D eigenvalue weighted by molar-refractivity contribution is 0.597. The van der Waals surface area contributed by atoms with Crippen LogP contribution in [0.1, 0.15) is 6.92 Å². The van der Waals surface area contributed by atoms with Gasteiger partial charge in [-0.2, -0.15) is 0 Å². The number of benzene rings is 1. The first-order valence-electron chi connectivity index (χ1n) is 5.31. The molecule has 0 bridgehead atoms. The van der Waals surface area contributed by atoms with Crippen molar-refractivity contribution in [2.24, 2.45) is 0 Å². The van der Waals surface area contributed by atoms with Crippen LogP contribution in [0.25, 0.3) is 0 Å². The molecule has 0 fully saturated rings. The molecule has 0 amide bonds. The summed E-state index contributed by atoms with van der Waals surface area (Å²) in [5.41, 5.74) is 0.935. The van der Waals surface area contributed by atoms with E-state index in [9.17, 15) is 8.42 Å². The molecule has 0 aliphatic carbocycles. The number of sulfone groups is 1. The van der Waals surface area contributed by atoms with Crippen LogP contribution in [0.4, 0.5) is 5.69 Å². The van der Waals surface area contributed by atoms with Gasteiger partial charge in [-0.25, -0.2) is 8.42 Å². The molecule has 0 aromatic heterocycles. The van der Waals surface area contributed by atoms with Gasteiger partial charge in [-0.1, -0.05) is 6.92 Å². The molecule has 0 spiro atoms. The monoisotopic (exact) mass is 242 g/mol. The molecule has 0 radical (unpaired) electrons. The molecule has 1 aromatic rings. The van der Waals surface area contributed by atoms with Crippen LogP contribution in [0, 0.1) is 0 Å². The van der Waals surface area contributed by atoms with Crippen LogP contribution in [0.5, 0.6) is 0 Å². The Labute approximate surface area is 97.0 Å². The summed E-state index contributed by atoms with van der Waals surface area (Å²) in [7, 11) is -1.19. The molecular weight excluding hydrogens is 224 g/mol. The fraction of sp³-hybridized carbons (Fsp3) is 0.455. The molecule has 0 unspecified atom stereocenters. The molecule has 16 heavy (non-hydrogen) atoms. The molecule has 0 aliphatic rings. The Hall–Kier alpha value is -1.07. The summed E-state index contributed by atoms with van der Waals surface area (Å²) < 4.78 is 23.1. The SMILES string of the molecule is CCS(=O)(=O)c1ccc(NCCNC)cc1. The zero-order valence-electron chi connectivity index (χ0n) is 9.66. The number of hydrogen-bond acceptors (Lipinski definition) is 4. The predicted molar refractivity (Wildman–Crippen MR) is 66.6 cm³/mol. The van der Waals surface area contributed by atoms with Gasteiger partial charge in [0, 0.05) is 18.8 Å². The van der Waals surface area contributed by atoms with Crippen molar-refractivity contribution < 1.29 is 8.42 Å².